The third kappa shape index (κ3) is 4.57. The maximum atomic E-state index is 12.6. The molecule has 1 N–H and O–H groups in total. The highest BCUT2D eigenvalue weighted by atomic mass is 32.2. The predicted molar refractivity (Wildman–Crippen MR) is 120 cm³/mol. The van der Waals surface area contributed by atoms with E-state index < -0.39 is 15.7 Å². The minimum atomic E-state index is -3.52. The number of sulfone groups is 1. The quantitative estimate of drug-likeness (QED) is 0.357. The molecule has 1 amide bonds. The van der Waals surface area contributed by atoms with Gasteiger partial charge in [0, 0.05) is 23.3 Å². The van der Waals surface area contributed by atoms with Gasteiger partial charge in [0.1, 0.15) is 11.6 Å². The van der Waals surface area contributed by atoms with Crippen LogP contribution in [-0.4, -0.2) is 35.3 Å². The third-order valence-electron chi connectivity index (χ3n) is 4.90. The van der Waals surface area contributed by atoms with Gasteiger partial charge in [0.25, 0.3) is 5.91 Å². The van der Waals surface area contributed by atoms with Crippen molar-refractivity contribution in [3.8, 4) is 11.8 Å². The molecule has 0 atom stereocenters. The van der Waals surface area contributed by atoms with E-state index in [1.54, 1.807) is 0 Å². The summed E-state index contributed by atoms with van der Waals surface area (Å²) in [5.74, 6) is -0.685. The molecule has 0 fully saturated rings. The van der Waals surface area contributed by atoms with E-state index in [9.17, 15) is 18.5 Å². The van der Waals surface area contributed by atoms with E-state index in [-0.39, 0.29) is 15.0 Å². The molecule has 2 heterocycles. The Morgan fingerprint density at radius 3 is 2.55 bits per heavy atom. The zero-order valence-electron chi connectivity index (χ0n) is 17.7. The molecule has 0 aliphatic heterocycles. The molecule has 1 aromatic carbocycles. The summed E-state index contributed by atoms with van der Waals surface area (Å²) in [7, 11) is -3.52. The van der Waals surface area contributed by atoms with E-state index in [0.29, 0.717) is 0 Å². The van der Waals surface area contributed by atoms with Crippen LogP contribution in [0.5, 0.6) is 0 Å². The number of carbonyl (C=O) groups excluding carboxylic acids is 1. The van der Waals surface area contributed by atoms with Crippen molar-refractivity contribution in [3.05, 3.63) is 57.9 Å². The van der Waals surface area contributed by atoms with Crippen molar-refractivity contribution in [3.63, 3.8) is 0 Å². The number of anilines is 1. The summed E-state index contributed by atoms with van der Waals surface area (Å²) >= 11 is 0.729. The topological polar surface area (TPSA) is 118 Å². The summed E-state index contributed by atoms with van der Waals surface area (Å²) in [5.41, 5.74) is 5.83. The van der Waals surface area contributed by atoms with Crippen LogP contribution < -0.4 is 5.32 Å². The number of benzene rings is 1. The second-order valence-electron chi connectivity index (χ2n) is 7.15. The first-order valence-electron chi connectivity index (χ1n) is 9.25. The van der Waals surface area contributed by atoms with Crippen molar-refractivity contribution >= 4 is 38.3 Å². The van der Waals surface area contributed by atoms with Crippen LogP contribution >= 0.6 is 11.3 Å². The van der Waals surface area contributed by atoms with Gasteiger partial charge in [0.05, 0.1) is 0 Å². The molecule has 8 nitrogen and oxygen atoms in total. The Morgan fingerprint density at radius 1 is 1.23 bits per heavy atom. The maximum Gasteiger partial charge on any atom is 0.268 e. The van der Waals surface area contributed by atoms with Crippen LogP contribution in [0.3, 0.4) is 0 Å². The van der Waals surface area contributed by atoms with E-state index in [1.165, 1.54) is 11.6 Å². The number of carbonyl (C=O) groups is 1. The summed E-state index contributed by atoms with van der Waals surface area (Å²) in [6, 6.07) is 9.89. The van der Waals surface area contributed by atoms with Crippen LogP contribution in [0, 0.1) is 39.0 Å². The lowest BCUT2D eigenvalue weighted by molar-refractivity contribution is -0.112. The fraction of sp³-hybridized carbons (Fsp3) is 0.238. The number of nitrogens with zero attached hydrogens (tertiary/aromatic N) is 4. The average Bonchev–Trinajstić information content (AvgIpc) is 3.27. The van der Waals surface area contributed by atoms with Crippen molar-refractivity contribution in [1.82, 2.24) is 14.8 Å². The Bertz CT molecular complexity index is 1360. The molecule has 0 spiro atoms. The largest absolute Gasteiger partial charge is 0.318 e. The monoisotopic (exact) mass is 455 g/mol. The number of amides is 1. The summed E-state index contributed by atoms with van der Waals surface area (Å²) in [5, 5.41) is 19.2. The molecule has 160 valence electrons. The van der Waals surface area contributed by atoms with Gasteiger partial charge < -0.3 is 4.57 Å². The normalized spacial score (nSPS) is 11.9. The zero-order chi connectivity index (χ0) is 22.9. The molecule has 0 unspecified atom stereocenters. The molecule has 3 rings (SSSR count). The summed E-state index contributed by atoms with van der Waals surface area (Å²) in [6.45, 7) is 8.00. The third-order valence-corrected chi connectivity index (χ3v) is 7.40. The van der Waals surface area contributed by atoms with Gasteiger partial charge in [-0.25, -0.2) is 8.42 Å². The number of aryl methyl sites for hydroxylation is 2. The molecule has 0 saturated carbocycles. The second-order valence-corrected chi connectivity index (χ2v) is 10.3. The van der Waals surface area contributed by atoms with E-state index >= 15 is 0 Å². The summed E-state index contributed by atoms with van der Waals surface area (Å²) < 4.78 is 24.9. The van der Waals surface area contributed by atoms with Crippen molar-refractivity contribution in [2.24, 2.45) is 0 Å². The van der Waals surface area contributed by atoms with Gasteiger partial charge in [-0.15, -0.1) is 10.2 Å². The predicted octanol–water partition coefficient (Wildman–Crippen LogP) is 3.51. The van der Waals surface area contributed by atoms with Crippen LogP contribution in [0.1, 0.15) is 28.1 Å². The van der Waals surface area contributed by atoms with Crippen LogP contribution in [0.4, 0.5) is 5.13 Å². The van der Waals surface area contributed by atoms with Gasteiger partial charge in [-0.2, -0.15) is 5.26 Å². The highest BCUT2D eigenvalue weighted by Gasteiger charge is 2.19. The Morgan fingerprint density at radius 2 is 1.94 bits per heavy atom. The Hall–Kier alpha value is -3.29. The number of aromatic nitrogens is 3. The zero-order valence-corrected chi connectivity index (χ0v) is 19.3. The average molecular weight is 456 g/mol. The first-order valence-corrected chi connectivity index (χ1v) is 12.0. The van der Waals surface area contributed by atoms with Crippen LogP contribution in [0.15, 0.2) is 34.2 Å². The van der Waals surface area contributed by atoms with E-state index in [2.05, 4.69) is 40.0 Å². The second kappa shape index (κ2) is 8.45. The van der Waals surface area contributed by atoms with Gasteiger partial charge >= 0.3 is 0 Å². The Kier molecular flexibility index (Phi) is 6.10. The Balaban J connectivity index is 1.94. The van der Waals surface area contributed by atoms with Crippen molar-refractivity contribution < 1.29 is 13.2 Å². The fourth-order valence-electron chi connectivity index (χ4n) is 3.16. The molecule has 0 aliphatic rings. The highest BCUT2D eigenvalue weighted by molar-refractivity contribution is 7.92. The van der Waals surface area contributed by atoms with Crippen LogP contribution in [0.2, 0.25) is 0 Å². The van der Waals surface area contributed by atoms with E-state index in [1.807, 2.05) is 38.1 Å². The van der Waals surface area contributed by atoms with Crippen LogP contribution in [-0.2, 0) is 14.6 Å². The number of nitrogens with one attached hydrogen (secondary N) is 1. The van der Waals surface area contributed by atoms with E-state index in [4.69, 9.17) is 0 Å². The lowest BCUT2D eigenvalue weighted by Crippen LogP contribution is -2.13. The maximum absolute atomic E-state index is 12.6. The van der Waals surface area contributed by atoms with Gasteiger partial charge in [0.15, 0.2) is 0 Å². The van der Waals surface area contributed by atoms with Crippen molar-refractivity contribution in [2.45, 2.75) is 32.0 Å². The van der Waals surface area contributed by atoms with Gasteiger partial charge in [0.2, 0.25) is 19.3 Å². The molecule has 0 bridgehead atoms. The minimum absolute atomic E-state index is 0.00688. The minimum Gasteiger partial charge on any atom is -0.318 e. The summed E-state index contributed by atoms with van der Waals surface area (Å²) in [6.07, 6.45) is 2.52. The SMILES string of the molecule is Cc1cccc(-n2c(C)cc(C=C(C#N)C(=O)Nc3nnc(S(C)(=O)=O)s3)c2C)c1C. The van der Waals surface area contributed by atoms with Gasteiger partial charge in [-0.3, -0.25) is 10.1 Å². The number of hydrogen-bond acceptors (Lipinski definition) is 7. The lowest BCUT2D eigenvalue weighted by Gasteiger charge is -2.14. The van der Waals surface area contributed by atoms with Crippen molar-refractivity contribution in [2.75, 3.05) is 11.6 Å². The molecular weight excluding hydrogens is 434 g/mol. The number of nitriles is 1. The molecule has 0 aliphatic carbocycles. The highest BCUT2D eigenvalue weighted by Crippen LogP contribution is 2.26. The standard InChI is InChI=1S/C21H21N5O3S2/c1-12-7-6-8-18(14(12)3)26-13(2)9-16(15(26)4)10-17(11-22)19(27)23-20-24-25-21(30-20)31(5,28)29/h6-10H,1-5H3,(H,23,24,27). The van der Waals surface area contributed by atoms with E-state index in [0.717, 1.165) is 45.8 Å². The summed E-state index contributed by atoms with van der Waals surface area (Å²) in [4.78, 5) is 12.6. The van der Waals surface area contributed by atoms with Gasteiger partial charge in [-0.1, -0.05) is 23.5 Å². The van der Waals surface area contributed by atoms with Gasteiger partial charge in [-0.05, 0) is 62.6 Å². The smallest absolute Gasteiger partial charge is 0.268 e. The number of hydrogen-bond donors (Lipinski definition) is 1. The van der Waals surface area contributed by atoms with Crippen LogP contribution in [0.25, 0.3) is 11.8 Å². The molecular formula is C21H21N5O3S2. The first-order chi connectivity index (χ1) is 14.5. The molecule has 31 heavy (non-hydrogen) atoms. The molecule has 2 aromatic heterocycles. The molecule has 0 radical (unpaired) electrons. The first kappa shape index (κ1) is 22.4. The fourth-order valence-corrected chi connectivity index (χ4v) is 4.66. The molecule has 3 aromatic rings. The molecule has 10 heteroatoms. The Labute approximate surface area is 184 Å². The number of rotatable bonds is 5. The lowest BCUT2D eigenvalue weighted by atomic mass is 10.1. The molecule has 0 saturated heterocycles. The van der Waals surface area contributed by atoms with Crippen molar-refractivity contribution in [1.29, 1.82) is 5.26 Å².